The third-order valence-corrected chi connectivity index (χ3v) is 6.64. The lowest BCUT2D eigenvalue weighted by Gasteiger charge is -2.48. The maximum Gasteiger partial charge on any atom is 0.298 e. The van der Waals surface area contributed by atoms with E-state index in [9.17, 15) is 4.79 Å². The van der Waals surface area contributed by atoms with E-state index in [-0.39, 0.29) is 17.1 Å². The average molecular weight is 487 g/mol. The van der Waals surface area contributed by atoms with Gasteiger partial charge in [-0.05, 0) is 64.3 Å². The van der Waals surface area contributed by atoms with Gasteiger partial charge in [0.25, 0.3) is 6.47 Å². The van der Waals surface area contributed by atoms with E-state index < -0.39 is 0 Å². The Balaban J connectivity index is 1.41. The van der Waals surface area contributed by atoms with Crippen LogP contribution in [-0.2, 0) is 4.79 Å². The van der Waals surface area contributed by atoms with Crippen molar-refractivity contribution in [3.63, 3.8) is 0 Å². The lowest BCUT2D eigenvalue weighted by molar-refractivity contribution is -0.120. The molecule has 1 saturated heterocycles. The molecule has 5 rings (SSSR count). The predicted octanol–water partition coefficient (Wildman–Crippen LogP) is 3.76. The molecule has 0 aliphatic carbocycles. The number of H-pyrrole nitrogens is 1. The maximum absolute atomic E-state index is 11.3. The van der Waals surface area contributed by atoms with Gasteiger partial charge in [0.05, 0.1) is 12.4 Å². The Morgan fingerprint density at radius 3 is 2.47 bits per heavy atom. The number of carbonyl (C=O) groups excluding carboxylic acids is 1. The standard InChI is InChI=1S/C26H30N8O2/c1-25(2)10-19(11-26(3,4)33-25)34(5)24-28-14-21(30-32-24)20-7-6-16(9-22(20)36-15-35)17-8-18-13-29-31-23(18)27-12-17/h6-9,12-15,19,33H,10-11H2,1-5H3,(H,27,29,31). The molecule has 2 N–H and O–H groups in total. The molecule has 1 aliphatic heterocycles. The van der Waals surface area contributed by atoms with Crippen molar-refractivity contribution in [3.8, 4) is 28.1 Å². The molecule has 10 heteroatoms. The number of nitrogens with one attached hydrogen (secondary N) is 2. The smallest absolute Gasteiger partial charge is 0.298 e. The van der Waals surface area contributed by atoms with Crippen molar-refractivity contribution in [1.29, 1.82) is 0 Å². The molecular formula is C26H30N8O2. The minimum Gasteiger partial charge on any atom is -0.428 e. The van der Waals surface area contributed by atoms with E-state index >= 15 is 0 Å². The fourth-order valence-corrected chi connectivity index (χ4v) is 5.32. The molecule has 0 atom stereocenters. The van der Waals surface area contributed by atoms with Crippen molar-refractivity contribution < 1.29 is 9.53 Å². The van der Waals surface area contributed by atoms with Crippen LogP contribution in [0.5, 0.6) is 5.75 Å². The van der Waals surface area contributed by atoms with Crippen molar-refractivity contribution in [2.45, 2.75) is 57.7 Å². The number of piperidine rings is 1. The summed E-state index contributed by atoms with van der Waals surface area (Å²) in [6.07, 6.45) is 7.07. The molecule has 4 heterocycles. The molecule has 10 nitrogen and oxygen atoms in total. The zero-order valence-electron chi connectivity index (χ0n) is 21.1. The van der Waals surface area contributed by atoms with Crippen molar-refractivity contribution in [3.05, 3.63) is 42.9 Å². The lowest BCUT2D eigenvalue weighted by Crippen LogP contribution is -2.62. The van der Waals surface area contributed by atoms with E-state index in [0.29, 0.717) is 35.1 Å². The molecule has 1 aromatic carbocycles. The van der Waals surface area contributed by atoms with E-state index in [1.54, 1.807) is 24.7 Å². The number of nitrogens with zero attached hydrogens (tertiary/aromatic N) is 6. The molecule has 1 fully saturated rings. The second-order valence-electron chi connectivity index (χ2n) is 10.7. The number of rotatable bonds is 6. The Kier molecular flexibility index (Phi) is 5.91. The van der Waals surface area contributed by atoms with Crippen LogP contribution in [0.2, 0.25) is 0 Å². The summed E-state index contributed by atoms with van der Waals surface area (Å²) in [4.78, 5) is 22.4. The van der Waals surface area contributed by atoms with E-state index in [2.05, 4.69) is 68.3 Å². The molecule has 0 amide bonds. The summed E-state index contributed by atoms with van der Waals surface area (Å²) < 4.78 is 5.31. The van der Waals surface area contributed by atoms with Gasteiger partial charge in [0.15, 0.2) is 5.65 Å². The normalized spacial score (nSPS) is 17.1. The maximum atomic E-state index is 11.3. The number of hydrogen-bond acceptors (Lipinski definition) is 9. The minimum atomic E-state index is 0.00846. The van der Waals surface area contributed by atoms with Crippen LogP contribution in [0.3, 0.4) is 0 Å². The van der Waals surface area contributed by atoms with Crippen LogP contribution in [0.25, 0.3) is 33.4 Å². The Labute approximate surface area is 209 Å². The molecular weight excluding hydrogens is 456 g/mol. The molecule has 186 valence electrons. The first-order valence-corrected chi connectivity index (χ1v) is 11.9. The summed E-state index contributed by atoms with van der Waals surface area (Å²) in [6.45, 7) is 9.29. The van der Waals surface area contributed by atoms with Gasteiger partial charge in [0, 0.05) is 46.9 Å². The molecule has 0 radical (unpaired) electrons. The third kappa shape index (κ3) is 4.76. The lowest BCUT2D eigenvalue weighted by atomic mass is 9.79. The summed E-state index contributed by atoms with van der Waals surface area (Å²) in [5.74, 6) is 0.931. The first-order chi connectivity index (χ1) is 17.1. The molecule has 0 bridgehead atoms. The average Bonchev–Trinajstić information content (AvgIpc) is 3.30. The second kappa shape index (κ2) is 8.94. The van der Waals surface area contributed by atoms with Crippen LogP contribution >= 0.6 is 0 Å². The van der Waals surface area contributed by atoms with Crippen LogP contribution in [0.15, 0.2) is 42.9 Å². The van der Waals surface area contributed by atoms with Gasteiger partial charge in [0.2, 0.25) is 5.95 Å². The Morgan fingerprint density at radius 1 is 1.00 bits per heavy atom. The summed E-state index contributed by atoms with van der Waals surface area (Å²) in [5.41, 5.74) is 3.59. The highest BCUT2D eigenvalue weighted by atomic mass is 16.5. The SMILES string of the molecule is CN(c1ncc(-c2ccc(-c3cnc4[nH]ncc4c3)cc2OC=O)nn1)C1CC(C)(C)NC(C)(C)C1. The van der Waals surface area contributed by atoms with E-state index in [1.807, 2.05) is 25.2 Å². The molecule has 1 aliphatic rings. The molecule has 0 spiro atoms. The number of pyridine rings is 1. The zero-order valence-corrected chi connectivity index (χ0v) is 21.1. The fourth-order valence-electron chi connectivity index (χ4n) is 5.32. The Bertz CT molecular complexity index is 1380. The summed E-state index contributed by atoms with van der Waals surface area (Å²) in [7, 11) is 2.01. The van der Waals surface area contributed by atoms with Gasteiger partial charge in [-0.2, -0.15) is 5.10 Å². The minimum absolute atomic E-state index is 0.00846. The van der Waals surface area contributed by atoms with Crippen molar-refractivity contribution in [1.82, 2.24) is 35.7 Å². The largest absolute Gasteiger partial charge is 0.428 e. The summed E-state index contributed by atoms with van der Waals surface area (Å²) in [6, 6.07) is 7.81. The first kappa shape index (κ1) is 23.8. The molecule has 4 aromatic rings. The van der Waals surface area contributed by atoms with Gasteiger partial charge in [-0.3, -0.25) is 9.89 Å². The van der Waals surface area contributed by atoms with Gasteiger partial charge < -0.3 is 15.0 Å². The third-order valence-electron chi connectivity index (χ3n) is 6.64. The van der Waals surface area contributed by atoms with Crippen LogP contribution in [-0.4, -0.2) is 61.0 Å². The summed E-state index contributed by atoms with van der Waals surface area (Å²) >= 11 is 0. The van der Waals surface area contributed by atoms with Crippen LogP contribution in [0.1, 0.15) is 40.5 Å². The van der Waals surface area contributed by atoms with Gasteiger partial charge in [-0.25, -0.2) is 9.97 Å². The first-order valence-electron chi connectivity index (χ1n) is 11.9. The topological polar surface area (TPSA) is 122 Å². The Morgan fingerprint density at radius 2 is 1.78 bits per heavy atom. The number of hydrogen-bond donors (Lipinski definition) is 2. The highest BCUT2D eigenvalue weighted by Gasteiger charge is 2.39. The van der Waals surface area contributed by atoms with Crippen molar-refractivity contribution in [2.75, 3.05) is 11.9 Å². The Hall–Kier alpha value is -3.92. The second-order valence-corrected chi connectivity index (χ2v) is 10.7. The molecule has 3 aromatic heterocycles. The number of aromatic amines is 1. The predicted molar refractivity (Wildman–Crippen MR) is 138 cm³/mol. The number of anilines is 1. The molecule has 36 heavy (non-hydrogen) atoms. The number of carbonyl (C=O) groups is 1. The van der Waals surface area contributed by atoms with Crippen LogP contribution in [0.4, 0.5) is 5.95 Å². The van der Waals surface area contributed by atoms with Crippen LogP contribution in [0, 0.1) is 0 Å². The molecule has 0 saturated carbocycles. The van der Waals surface area contributed by atoms with Gasteiger partial charge in [0.1, 0.15) is 11.4 Å². The molecule has 0 unspecified atom stereocenters. The highest BCUT2D eigenvalue weighted by molar-refractivity contribution is 5.82. The van der Waals surface area contributed by atoms with Gasteiger partial charge in [-0.15, -0.1) is 10.2 Å². The van der Waals surface area contributed by atoms with Crippen molar-refractivity contribution in [2.24, 2.45) is 0 Å². The monoisotopic (exact) mass is 486 g/mol. The number of ether oxygens (including phenoxy) is 1. The highest BCUT2D eigenvalue weighted by Crippen LogP contribution is 2.35. The number of aromatic nitrogens is 6. The van der Waals surface area contributed by atoms with E-state index in [0.717, 1.165) is 29.4 Å². The van der Waals surface area contributed by atoms with Crippen LogP contribution < -0.4 is 15.0 Å². The fraction of sp³-hybridized carbons (Fsp3) is 0.385. The van der Waals surface area contributed by atoms with Gasteiger partial charge >= 0.3 is 0 Å². The quantitative estimate of drug-likeness (QED) is 0.392. The van der Waals surface area contributed by atoms with Crippen molar-refractivity contribution >= 4 is 23.5 Å². The van der Waals surface area contributed by atoms with E-state index in [1.165, 1.54) is 0 Å². The number of benzene rings is 1. The number of fused-ring (bicyclic) bond motifs is 1. The summed E-state index contributed by atoms with van der Waals surface area (Å²) in [5, 5.41) is 20.3. The zero-order chi connectivity index (χ0) is 25.5. The van der Waals surface area contributed by atoms with E-state index in [4.69, 9.17) is 4.74 Å². The van der Waals surface area contributed by atoms with Gasteiger partial charge in [-0.1, -0.05) is 6.07 Å².